The van der Waals surface area contributed by atoms with Gasteiger partial charge in [0.2, 0.25) is 5.91 Å². The topological polar surface area (TPSA) is 62.3 Å². The zero-order chi connectivity index (χ0) is 22.2. The number of aromatic nitrogens is 1. The molecule has 2 aromatic heterocycles. The number of carbonyl (C=O) groups is 2. The molecule has 1 atom stereocenters. The van der Waals surface area contributed by atoms with E-state index in [2.05, 4.69) is 10.3 Å². The van der Waals surface area contributed by atoms with Gasteiger partial charge in [0.15, 0.2) is 0 Å². The molecule has 0 aliphatic heterocycles. The van der Waals surface area contributed by atoms with Crippen LogP contribution in [-0.4, -0.2) is 21.7 Å². The summed E-state index contributed by atoms with van der Waals surface area (Å²) in [5.41, 5.74) is 2.24. The first-order chi connectivity index (χ1) is 15.7. The summed E-state index contributed by atoms with van der Waals surface area (Å²) in [4.78, 5) is 33.7. The van der Waals surface area contributed by atoms with Gasteiger partial charge in [-0.3, -0.25) is 14.6 Å². The summed E-state index contributed by atoms with van der Waals surface area (Å²) in [6.07, 6.45) is 1.59. The third-order valence-electron chi connectivity index (χ3n) is 5.02. The van der Waals surface area contributed by atoms with Gasteiger partial charge in [-0.15, -0.1) is 11.3 Å². The van der Waals surface area contributed by atoms with E-state index in [0.717, 1.165) is 16.0 Å². The van der Waals surface area contributed by atoms with E-state index in [1.165, 1.54) is 11.3 Å². The Balaban J connectivity index is 1.67. The molecular weight excluding hydrogens is 418 g/mol. The summed E-state index contributed by atoms with van der Waals surface area (Å²) in [5, 5.41) is 4.93. The minimum absolute atomic E-state index is 0.225. The second kappa shape index (κ2) is 10.5. The Morgan fingerprint density at radius 3 is 2.16 bits per heavy atom. The average molecular weight is 442 g/mol. The third kappa shape index (κ3) is 5.28. The molecule has 0 spiro atoms. The van der Waals surface area contributed by atoms with Crippen LogP contribution in [0, 0.1) is 0 Å². The first-order valence-electron chi connectivity index (χ1n) is 10.3. The maximum atomic E-state index is 13.6. The van der Waals surface area contributed by atoms with E-state index in [9.17, 15) is 9.59 Å². The number of nitrogens with zero attached hydrogens (tertiary/aromatic N) is 2. The summed E-state index contributed by atoms with van der Waals surface area (Å²) in [6.45, 7) is 0.677. The molecule has 1 N–H and O–H groups in total. The van der Waals surface area contributed by atoms with Gasteiger partial charge in [0, 0.05) is 24.2 Å². The number of amides is 2. The van der Waals surface area contributed by atoms with Crippen LogP contribution in [0.2, 0.25) is 0 Å². The van der Waals surface area contributed by atoms with Crippen LogP contribution in [0.5, 0.6) is 0 Å². The van der Waals surface area contributed by atoms with Crippen LogP contribution in [-0.2, 0) is 17.9 Å². The summed E-state index contributed by atoms with van der Waals surface area (Å²) in [5.74, 6) is -0.515. The van der Waals surface area contributed by atoms with Crippen LogP contribution in [0.4, 0.5) is 0 Å². The molecule has 0 bridgehead atoms. The fourth-order valence-electron chi connectivity index (χ4n) is 3.45. The largest absolute Gasteiger partial charge is 0.350 e. The van der Waals surface area contributed by atoms with E-state index >= 15 is 0 Å². The summed E-state index contributed by atoms with van der Waals surface area (Å²) in [7, 11) is 0. The molecule has 160 valence electrons. The zero-order valence-electron chi connectivity index (χ0n) is 17.4. The zero-order valence-corrected chi connectivity index (χ0v) is 18.2. The molecule has 0 saturated heterocycles. The Labute approximate surface area is 191 Å². The molecule has 0 aliphatic rings. The molecule has 6 heteroatoms. The number of hydrogen-bond acceptors (Lipinski definition) is 4. The SMILES string of the molecule is O=C(NCc1ccccc1)[C@@H](c1cccs1)N(Cc1ccccc1)C(=O)c1ccccn1. The van der Waals surface area contributed by atoms with Crippen molar-refractivity contribution in [1.82, 2.24) is 15.2 Å². The van der Waals surface area contributed by atoms with E-state index in [-0.39, 0.29) is 18.4 Å². The fraction of sp³-hybridized carbons (Fsp3) is 0.115. The van der Waals surface area contributed by atoms with Crippen LogP contribution < -0.4 is 5.32 Å². The van der Waals surface area contributed by atoms with Gasteiger partial charge in [-0.2, -0.15) is 0 Å². The van der Waals surface area contributed by atoms with Crippen LogP contribution in [0.1, 0.15) is 32.5 Å². The predicted octanol–water partition coefficient (Wildman–Crippen LogP) is 4.84. The molecule has 0 fully saturated rings. The van der Waals surface area contributed by atoms with E-state index in [0.29, 0.717) is 12.2 Å². The molecule has 0 unspecified atom stereocenters. The third-order valence-corrected chi connectivity index (χ3v) is 5.95. The van der Waals surface area contributed by atoms with Crippen molar-refractivity contribution in [2.24, 2.45) is 0 Å². The van der Waals surface area contributed by atoms with Gasteiger partial charge in [-0.25, -0.2) is 0 Å². The number of hydrogen-bond donors (Lipinski definition) is 1. The van der Waals surface area contributed by atoms with Gasteiger partial charge in [0.25, 0.3) is 5.91 Å². The molecule has 5 nitrogen and oxygen atoms in total. The van der Waals surface area contributed by atoms with Gasteiger partial charge in [-0.1, -0.05) is 72.8 Å². The highest BCUT2D eigenvalue weighted by Gasteiger charge is 2.33. The Bertz CT molecular complexity index is 1130. The van der Waals surface area contributed by atoms with E-state index in [1.807, 2.05) is 78.2 Å². The second-order valence-corrected chi connectivity index (χ2v) is 8.23. The maximum absolute atomic E-state index is 13.6. The van der Waals surface area contributed by atoms with Crippen LogP contribution in [0.25, 0.3) is 0 Å². The maximum Gasteiger partial charge on any atom is 0.273 e. The lowest BCUT2D eigenvalue weighted by atomic mass is 10.1. The molecule has 2 amide bonds. The van der Waals surface area contributed by atoms with Crippen molar-refractivity contribution in [3.05, 3.63) is 124 Å². The van der Waals surface area contributed by atoms with E-state index in [1.54, 1.807) is 29.3 Å². The standard InChI is InChI=1S/C26H23N3O2S/c30-25(28-18-20-10-3-1-4-11-20)24(23-15-9-17-32-23)29(19-21-12-5-2-6-13-21)26(31)22-14-7-8-16-27-22/h1-17,24H,18-19H2,(H,28,30)/t24-/m1/s1. The fourth-order valence-corrected chi connectivity index (χ4v) is 4.28. The minimum atomic E-state index is -0.770. The normalized spacial score (nSPS) is 11.5. The molecule has 32 heavy (non-hydrogen) atoms. The molecule has 0 aliphatic carbocycles. The molecular formula is C26H23N3O2S. The highest BCUT2D eigenvalue weighted by atomic mass is 32.1. The van der Waals surface area contributed by atoms with Gasteiger partial charge < -0.3 is 10.2 Å². The first-order valence-corrected chi connectivity index (χ1v) is 11.2. The molecule has 2 heterocycles. The molecule has 4 rings (SSSR count). The number of thiophene rings is 1. The number of pyridine rings is 1. The van der Waals surface area contributed by atoms with Crippen molar-refractivity contribution in [1.29, 1.82) is 0 Å². The smallest absolute Gasteiger partial charge is 0.273 e. The van der Waals surface area contributed by atoms with Crippen LogP contribution in [0.15, 0.2) is 103 Å². The van der Waals surface area contributed by atoms with Crippen LogP contribution >= 0.6 is 11.3 Å². The molecule has 2 aromatic carbocycles. The highest BCUT2D eigenvalue weighted by molar-refractivity contribution is 7.10. The Morgan fingerprint density at radius 2 is 1.53 bits per heavy atom. The lowest BCUT2D eigenvalue weighted by Crippen LogP contribution is -2.43. The van der Waals surface area contributed by atoms with Crippen molar-refractivity contribution in [3.63, 3.8) is 0 Å². The quantitative estimate of drug-likeness (QED) is 0.425. The van der Waals surface area contributed by atoms with Crippen LogP contribution in [0.3, 0.4) is 0 Å². The Morgan fingerprint density at radius 1 is 0.844 bits per heavy atom. The number of nitrogens with one attached hydrogen (secondary N) is 1. The molecule has 4 aromatic rings. The summed E-state index contributed by atoms with van der Waals surface area (Å²) >= 11 is 1.46. The van der Waals surface area contributed by atoms with E-state index < -0.39 is 6.04 Å². The first kappa shape index (κ1) is 21.5. The molecule has 0 radical (unpaired) electrons. The summed E-state index contributed by atoms with van der Waals surface area (Å²) in [6, 6.07) is 27.6. The Kier molecular flexibility index (Phi) is 7.05. The number of carbonyl (C=O) groups excluding carboxylic acids is 2. The number of rotatable bonds is 8. The lowest BCUT2D eigenvalue weighted by molar-refractivity contribution is -0.126. The minimum Gasteiger partial charge on any atom is -0.350 e. The predicted molar refractivity (Wildman–Crippen MR) is 126 cm³/mol. The van der Waals surface area contributed by atoms with Crippen molar-refractivity contribution >= 4 is 23.2 Å². The Hall–Kier alpha value is -3.77. The monoisotopic (exact) mass is 441 g/mol. The van der Waals surface area contributed by atoms with Crippen molar-refractivity contribution in [3.8, 4) is 0 Å². The van der Waals surface area contributed by atoms with Gasteiger partial charge in [0.1, 0.15) is 11.7 Å². The van der Waals surface area contributed by atoms with Crippen molar-refractivity contribution in [2.75, 3.05) is 0 Å². The second-order valence-electron chi connectivity index (χ2n) is 7.25. The van der Waals surface area contributed by atoms with Gasteiger partial charge in [0.05, 0.1) is 0 Å². The van der Waals surface area contributed by atoms with Gasteiger partial charge in [-0.05, 0) is 34.7 Å². The van der Waals surface area contributed by atoms with E-state index in [4.69, 9.17) is 0 Å². The average Bonchev–Trinajstić information content (AvgIpc) is 3.38. The van der Waals surface area contributed by atoms with Gasteiger partial charge >= 0.3 is 0 Å². The van der Waals surface area contributed by atoms with Crippen molar-refractivity contribution in [2.45, 2.75) is 19.1 Å². The summed E-state index contributed by atoms with van der Waals surface area (Å²) < 4.78 is 0. The highest BCUT2D eigenvalue weighted by Crippen LogP contribution is 2.29. The number of benzene rings is 2. The van der Waals surface area contributed by atoms with Crippen molar-refractivity contribution < 1.29 is 9.59 Å². The lowest BCUT2D eigenvalue weighted by Gasteiger charge is -2.30. The molecule has 0 saturated carbocycles.